The molecule has 1 heterocycles. The van der Waals surface area contributed by atoms with Crippen LogP contribution in [-0.2, 0) is 4.74 Å². The van der Waals surface area contributed by atoms with Crippen molar-refractivity contribution in [1.82, 2.24) is 4.98 Å². The summed E-state index contributed by atoms with van der Waals surface area (Å²) >= 11 is 1.23. The Kier molecular flexibility index (Phi) is 3.43. The third kappa shape index (κ3) is 2.28. The average molecular weight is 196 g/mol. The predicted octanol–water partition coefficient (Wildman–Crippen LogP) is 0.240. The number of aromatic nitrogens is 1. The van der Waals surface area contributed by atoms with Crippen LogP contribution in [0.4, 0.5) is 0 Å². The predicted molar refractivity (Wildman–Crippen MR) is 49.4 cm³/mol. The van der Waals surface area contributed by atoms with E-state index in [1.54, 1.807) is 0 Å². The summed E-state index contributed by atoms with van der Waals surface area (Å²) in [5, 5.41) is 0. The number of thiazole rings is 1. The van der Waals surface area contributed by atoms with Crippen LogP contribution >= 0.6 is 11.3 Å². The van der Waals surface area contributed by atoms with Crippen molar-refractivity contribution in [3.8, 4) is 12.3 Å². The molecule has 1 aromatic heterocycles. The molecular formula is C8H8N2O2S. The maximum absolute atomic E-state index is 11.2. The van der Waals surface area contributed by atoms with Crippen molar-refractivity contribution in [2.24, 2.45) is 5.73 Å². The maximum Gasteiger partial charge on any atom is 0.359 e. The van der Waals surface area contributed by atoms with E-state index in [9.17, 15) is 4.79 Å². The summed E-state index contributed by atoms with van der Waals surface area (Å²) in [4.78, 5) is 15.5. The molecule has 0 spiro atoms. The molecule has 0 bridgehead atoms. The molecule has 2 N–H and O–H groups in total. The molecule has 68 valence electrons. The summed E-state index contributed by atoms with van der Waals surface area (Å²) in [6, 6.07) is 0. The zero-order chi connectivity index (χ0) is 9.68. The largest absolute Gasteiger partial charge is 0.460 e. The lowest BCUT2D eigenvalue weighted by molar-refractivity contribution is 0.0510. The number of esters is 1. The van der Waals surface area contributed by atoms with Crippen LogP contribution in [0, 0.1) is 12.3 Å². The highest BCUT2D eigenvalue weighted by atomic mass is 32.1. The first-order valence-electron chi connectivity index (χ1n) is 3.57. The molecule has 0 amide bonds. The Bertz CT molecular complexity index is 340. The van der Waals surface area contributed by atoms with E-state index in [4.69, 9.17) is 16.9 Å². The molecule has 0 saturated heterocycles. The van der Waals surface area contributed by atoms with E-state index in [1.165, 1.54) is 16.8 Å². The fraction of sp³-hybridized carbons (Fsp3) is 0.250. The number of nitrogens with zero attached hydrogens (tertiary/aromatic N) is 1. The minimum Gasteiger partial charge on any atom is -0.460 e. The van der Waals surface area contributed by atoms with Crippen LogP contribution < -0.4 is 5.73 Å². The zero-order valence-electron chi connectivity index (χ0n) is 6.82. The van der Waals surface area contributed by atoms with Gasteiger partial charge in [0.15, 0.2) is 5.69 Å². The van der Waals surface area contributed by atoms with E-state index >= 15 is 0 Å². The van der Waals surface area contributed by atoms with Crippen molar-refractivity contribution >= 4 is 17.3 Å². The summed E-state index contributed by atoms with van der Waals surface area (Å²) in [5.74, 6) is 1.84. The molecule has 1 aromatic rings. The highest BCUT2D eigenvalue weighted by Gasteiger charge is 2.14. The topological polar surface area (TPSA) is 65.2 Å². The van der Waals surface area contributed by atoms with Crippen LogP contribution in [-0.4, -0.2) is 24.1 Å². The van der Waals surface area contributed by atoms with Crippen LogP contribution in [0.3, 0.4) is 0 Å². The average Bonchev–Trinajstić information content (AvgIpc) is 2.61. The highest BCUT2D eigenvalue weighted by molar-refractivity contribution is 7.10. The minimum absolute atomic E-state index is 0.181. The van der Waals surface area contributed by atoms with Gasteiger partial charge in [-0.1, -0.05) is 5.92 Å². The molecule has 13 heavy (non-hydrogen) atoms. The van der Waals surface area contributed by atoms with Gasteiger partial charge in [-0.15, -0.1) is 17.8 Å². The van der Waals surface area contributed by atoms with Crippen molar-refractivity contribution in [3.63, 3.8) is 0 Å². The summed E-state index contributed by atoms with van der Waals surface area (Å²) in [6.07, 6.45) is 5.15. The number of hydrogen-bond acceptors (Lipinski definition) is 5. The van der Waals surface area contributed by atoms with E-state index < -0.39 is 5.97 Å². The zero-order valence-corrected chi connectivity index (χ0v) is 7.63. The van der Waals surface area contributed by atoms with Crippen molar-refractivity contribution in [2.75, 3.05) is 13.2 Å². The first-order valence-corrected chi connectivity index (χ1v) is 4.45. The van der Waals surface area contributed by atoms with Crippen molar-refractivity contribution in [2.45, 2.75) is 0 Å². The smallest absolute Gasteiger partial charge is 0.359 e. The number of terminal acetylenes is 1. The Morgan fingerprint density at radius 2 is 2.62 bits per heavy atom. The quantitative estimate of drug-likeness (QED) is 0.555. The number of rotatable bonds is 3. The van der Waals surface area contributed by atoms with Crippen molar-refractivity contribution in [3.05, 3.63) is 16.1 Å². The van der Waals surface area contributed by atoms with Crippen LogP contribution in [0.25, 0.3) is 0 Å². The first kappa shape index (κ1) is 9.71. The number of carbonyl (C=O) groups is 1. The molecule has 0 radical (unpaired) electrons. The molecule has 0 aliphatic heterocycles. The fourth-order valence-electron chi connectivity index (χ4n) is 0.714. The van der Waals surface area contributed by atoms with Crippen LogP contribution in [0.5, 0.6) is 0 Å². The SMILES string of the molecule is C#Cc1scnc1C(=O)OCCN. The minimum atomic E-state index is -0.514. The van der Waals surface area contributed by atoms with Crippen LogP contribution in [0.2, 0.25) is 0 Å². The molecule has 0 saturated carbocycles. The molecular weight excluding hydrogens is 188 g/mol. The maximum atomic E-state index is 11.2. The summed E-state index contributed by atoms with van der Waals surface area (Å²) < 4.78 is 4.76. The molecule has 0 aliphatic carbocycles. The number of ether oxygens (including phenoxy) is 1. The van der Waals surface area contributed by atoms with Gasteiger partial charge in [0.05, 0.1) is 5.51 Å². The monoisotopic (exact) mass is 196 g/mol. The van der Waals surface area contributed by atoms with Gasteiger partial charge >= 0.3 is 5.97 Å². The number of hydrogen-bond donors (Lipinski definition) is 1. The molecule has 0 aliphatic rings. The third-order valence-corrected chi connectivity index (χ3v) is 2.00. The van der Waals surface area contributed by atoms with Crippen molar-refractivity contribution < 1.29 is 9.53 Å². The molecule has 5 heteroatoms. The van der Waals surface area contributed by atoms with E-state index in [0.717, 1.165) is 0 Å². The Morgan fingerprint density at radius 3 is 3.23 bits per heavy atom. The second kappa shape index (κ2) is 4.60. The van der Waals surface area contributed by atoms with Crippen molar-refractivity contribution in [1.29, 1.82) is 0 Å². The molecule has 0 fully saturated rings. The van der Waals surface area contributed by atoms with Gasteiger partial charge in [-0.2, -0.15) is 0 Å². The van der Waals surface area contributed by atoms with Gasteiger partial charge < -0.3 is 10.5 Å². The summed E-state index contributed by atoms with van der Waals surface area (Å²) in [5.41, 5.74) is 6.87. The van der Waals surface area contributed by atoms with Gasteiger partial charge in [0.25, 0.3) is 0 Å². The van der Waals surface area contributed by atoms with Gasteiger partial charge in [-0.05, 0) is 0 Å². The van der Waals surface area contributed by atoms with Gasteiger partial charge in [-0.25, -0.2) is 9.78 Å². The lowest BCUT2D eigenvalue weighted by Crippen LogP contribution is -2.14. The van der Waals surface area contributed by atoms with E-state index in [0.29, 0.717) is 11.4 Å². The Morgan fingerprint density at radius 1 is 1.85 bits per heavy atom. The molecule has 0 unspecified atom stereocenters. The number of nitrogens with two attached hydrogens (primary N) is 1. The Hall–Kier alpha value is -1.38. The molecule has 0 atom stereocenters. The molecule has 0 aromatic carbocycles. The lowest BCUT2D eigenvalue weighted by Gasteiger charge is -1.99. The second-order valence-electron chi connectivity index (χ2n) is 2.10. The normalized spacial score (nSPS) is 9.23. The van der Waals surface area contributed by atoms with Gasteiger partial charge in [0.2, 0.25) is 0 Å². The Labute approximate surface area is 79.7 Å². The molecule has 4 nitrogen and oxygen atoms in total. The van der Waals surface area contributed by atoms with Gasteiger partial charge in [0.1, 0.15) is 11.5 Å². The van der Waals surface area contributed by atoms with E-state index in [1.807, 2.05) is 0 Å². The second-order valence-corrected chi connectivity index (χ2v) is 2.95. The van der Waals surface area contributed by atoms with Crippen LogP contribution in [0.1, 0.15) is 15.4 Å². The summed E-state index contributed by atoms with van der Waals surface area (Å²) in [7, 11) is 0. The van der Waals surface area contributed by atoms with Gasteiger partial charge in [-0.3, -0.25) is 0 Å². The Balaban J connectivity index is 2.72. The van der Waals surface area contributed by atoms with E-state index in [2.05, 4.69) is 10.9 Å². The lowest BCUT2D eigenvalue weighted by atomic mass is 10.4. The van der Waals surface area contributed by atoms with Gasteiger partial charge in [0, 0.05) is 6.54 Å². The third-order valence-electron chi connectivity index (χ3n) is 1.24. The number of carbonyl (C=O) groups excluding carboxylic acids is 1. The highest BCUT2D eigenvalue weighted by Crippen LogP contribution is 2.12. The summed E-state index contributed by atoms with van der Waals surface area (Å²) in [6.45, 7) is 0.474. The fourth-order valence-corrected chi connectivity index (χ4v) is 1.29. The van der Waals surface area contributed by atoms with E-state index in [-0.39, 0.29) is 12.3 Å². The first-order chi connectivity index (χ1) is 6.29. The van der Waals surface area contributed by atoms with Crippen LogP contribution in [0.15, 0.2) is 5.51 Å². The standard InChI is InChI=1S/C8H8N2O2S/c1-2-6-7(10-5-13-6)8(11)12-4-3-9/h1,5H,3-4,9H2. The molecule has 1 rings (SSSR count).